The summed E-state index contributed by atoms with van der Waals surface area (Å²) in [6, 6.07) is 4.46. The first-order valence-electron chi connectivity index (χ1n) is 15.3. The van der Waals surface area contributed by atoms with E-state index in [2.05, 4.69) is 31.7 Å². The Morgan fingerprint density at radius 2 is 1.76 bits per heavy atom. The van der Waals surface area contributed by atoms with Crippen molar-refractivity contribution in [2.24, 2.45) is 22.7 Å². The molecule has 7 aliphatic rings. The Balaban J connectivity index is 0.000000350. The van der Waals surface area contributed by atoms with E-state index in [-0.39, 0.29) is 34.0 Å². The molecule has 230 valence electrons. The number of benzene rings is 1. The van der Waals surface area contributed by atoms with Gasteiger partial charge in [-0.25, -0.2) is 9.59 Å². The van der Waals surface area contributed by atoms with Crippen LogP contribution in [-0.4, -0.2) is 80.8 Å². The van der Waals surface area contributed by atoms with E-state index in [9.17, 15) is 19.8 Å². The summed E-state index contributed by atoms with van der Waals surface area (Å²) in [5.41, 5.74) is 0.783. The number of phenolic OH excluding ortho intramolecular Hbond substituents is 1. The van der Waals surface area contributed by atoms with Crippen molar-refractivity contribution in [2.75, 3.05) is 20.2 Å². The van der Waals surface area contributed by atoms with Crippen LogP contribution in [-0.2, 0) is 26.2 Å². The zero-order chi connectivity index (χ0) is 30.5. The van der Waals surface area contributed by atoms with Crippen LogP contribution in [0.25, 0.3) is 0 Å². The van der Waals surface area contributed by atoms with Gasteiger partial charge in [-0.05, 0) is 81.4 Å². The largest absolute Gasteiger partial charge is 0.504 e. The van der Waals surface area contributed by atoms with Crippen LogP contribution >= 0.6 is 0 Å². The van der Waals surface area contributed by atoms with Gasteiger partial charge in [0.1, 0.15) is 11.7 Å². The molecule has 1 saturated heterocycles. The van der Waals surface area contributed by atoms with E-state index in [1.165, 1.54) is 30.5 Å². The number of methoxy groups -OCH3 is 1. The number of aliphatic hydroxyl groups is 1. The van der Waals surface area contributed by atoms with E-state index in [0.29, 0.717) is 23.9 Å². The van der Waals surface area contributed by atoms with Gasteiger partial charge in [-0.1, -0.05) is 26.8 Å². The van der Waals surface area contributed by atoms with Crippen LogP contribution in [0.2, 0.25) is 0 Å². The molecule has 4 bridgehead atoms. The van der Waals surface area contributed by atoms with Crippen LogP contribution < -0.4 is 4.74 Å². The maximum Gasteiger partial charge on any atom is 0.328 e. The second-order valence-electron chi connectivity index (χ2n) is 14.8. The molecule has 8 rings (SSSR count). The number of piperidine rings is 1. The minimum atomic E-state index is -1.26. The molecule has 0 amide bonds. The van der Waals surface area contributed by atoms with Crippen molar-refractivity contribution in [3.63, 3.8) is 0 Å². The topological polar surface area (TPSA) is 137 Å². The van der Waals surface area contributed by atoms with Crippen LogP contribution in [0.5, 0.6) is 11.5 Å². The van der Waals surface area contributed by atoms with Crippen molar-refractivity contribution in [2.45, 2.75) is 101 Å². The average Bonchev–Trinajstić information content (AvgIpc) is 3.66. The van der Waals surface area contributed by atoms with Crippen LogP contribution in [0.15, 0.2) is 24.3 Å². The van der Waals surface area contributed by atoms with E-state index in [1.807, 2.05) is 20.1 Å². The van der Waals surface area contributed by atoms with Crippen LogP contribution in [0, 0.1) is 22.7 Å². The number of aromatic hydroxyl groups is 1. The number of carbonyl (C=O) groups is 2. The van der Waals surface area contributed by atoms with Gasteiger partial charge < -0.3 is 29.9 Å². The lowest BCUT2D eigenvalue weighted by Gasteiger charge is -2.75. The van der Waals surface area contributed by atoms with Gasteiger partial charge in [0.25, 0.3) is 0 Å². The molecule has 1 aromatic carbocycles. The molecule has 9 heteroatoms. The molecule has 1 aromatic rings. The van der Waals surface area contributed by atoms with Crippen molar-refractivity contribution >= 4 is 11.9 Å². The highest BCUT2D eigenvalue weighted by molar-refractivity contribution is 5.89. The summed E-state index contributed by atoms with van der Waals surface area (Å²) in [5.74, 6) is -0.712. The van der Waals surface area contributed by atoms with Crippen molar-refractivity contribution in [1.29, 1.82) is 0 Å². The van der Waals surface area contributed by atoms with E-state index in [1.54, 1.807) is 0 Å². The van der Waals surface area contributed by atoms with Gasteiger partial charge in [0.2, 0.25) is 0 Å². The Morgan fingerprint density at radius 1 is 1.10 bits per heavy atom. The monoisotopic (exact) mass is 583 g/mol. The van der Waals surface area contributed by atoms with Crippen LogP contribution in [0.1, 0.15) is 77.3 Å². The lowest BCUT2D eigenvalue weighted by molar-refractivity contribution is -0.312. The third-order valence-electron chi connectivity index (χ3n) is 12.2. The van der Waals surface area contributed by atoms with Crippen LogP contribution in [0.3, 0.4) is 0 Å². The molecule has 5 fully saturated rings. The van der Waals surface area contributed by atoms with Crippen molar-refractivity contribution in [3.8, 4) is 11.5 Å². The number of likely N-dealkylation sites (tertiary alicyclic amines) is 1. The van der Waals surface area contributed by atoms with E-state index in [4.69, 9.17) is 19.7 Å². The van der Waals surface area contributed by atoms with Crippen molar-refractivity contribution < 1.29 is 39.5 Å². The summed E-state index contributed by atoms with van der Waals surface area (Å²) in [6.07, 6.45) is 8.75. The van der Waals surface area contributed by atoms with Gasteiger partial charge in [-0.2, -0.15) is 0 Å². The SMILES string of the molecule is CO[C@@]12CC[C@@]3(C[C@@H]1[C@](C)(O)C(C)(C)C)[C@H]1Cc4ccc(O)c5c4[C@@]3(CCN1CC1CC1)[C@H]2O5.O=C(O)/C=C\C(=O)O. The summed E-state index contributed by atoms with van der Waals surface area (Å²) in [7, 11) is 1.83. The molecule has 0 aromatic heterocycles. The van der Waals surface area contributed by atoms with E-state index < -0.39 is 23.1 Å². The summed E-state index contributed by atoms with van der Waals surface area (Å²) in [6.45, 7) is 10.8. The summed E-state index contributed by atoms with van der Waals surface area (Å²) >= 11 is 0. The van der Waals surface area contributed by atoms with Gasteiger partial charge in [0.05, 0.1) is 5.60 Å². The highest BCUT2D eigenvalue weighted by atomic mass is 16.6. The zero-order valence-electron chi connectivity index (χ0n) is 25.4. The Morgan fingerprint density at radius 3 is 2.33 bits per heavy atom. The molecule has 7 atom stereocenters. The molecule has 0 radical (unpaired) electrons. The number of hydrogen-bond acceptors (Lipinski definition) is 7. The van der Waals surface area contributed by atoms with Gasteiger partial charge in [-0.15, -0.1) is 0 Å². The maximum absolute atomic E-state index is 12.2. The van der Waals surface area contributed by atoms with Crippen LogP contribution in [0.4, 0.5) is 0 Å². The Kier molecular flexibility index (Phi) is 6.62. The first kappa shape index (κ1) is 29.5. The highest BCUT2D eigenvalue weighted by Gasteiger charge is 2.82. The lowest BCUT2D eigenvalue weighted by Crippen LogP contribution is -2.83. The molecule has 42 heavy (non-hydrogen) atoms. The molecular formula is C33H45NO8. The fourth-order valence-corrected chi connectivity index (χ4v) is 9.72. The molecule has 5 aliphatic carbocycles. The summed E-state index contributed by atoms with van der Waals surface area (Å²) in [4.78, 5) is 21.9. The molecule has 9 nitrogen and oxygen atoms in total. The predicted molar refractivity (Wildman–Crippen MR) is 155 cm³/mol. The normalized spacial score (nSPS) is 37.3. The fourth-order valence-electron chi connectivity index (χ4n) is 9.72. The third-order valence-corrected chi connectivity index (χ3v) is 12.2. The van der Waals surface area contributed by atoms with Crippen molar-refractivity contribution in [3.05, 3.63) is 35.4 Å². The molecule has 4 N–H and O–H groups in total. The van der Waals surface area contributed by atoms with E-state index in [0.717, 1.165) is 44.6 Å². The number of carboxylic acid groups (broad SMARTS) is 2. The second kappa shape index (κ2) is 9.44. The number of hydrogen-bond donors (Lipinski definition) is 4. The number of phenols is 1. The minimum absolute atomic E-state index is 0.0294. The maximum atomic E-state index is 12.2. The Hall–Kier alpha value is -2.62. The number of ether oxygens (including phenoxy) is 2. The zero-order valence-corrected chi connectivity index (χ0v) is 25.4. The molecule has 2 heterocycles. The van der Waals surface area contributed by atoms with Gasteiger partial charge in [0, 0.05) is 54.2 Å². The number of fused-ring (bicyclic) bond motifs is 2. The Bertz CT molecular complexity index is 1310. The molecule has 2 spiro atoms. The Labute approximate surface area is 247 Å². The minimum Gasteiger partial charge on any atom is -0.504 e. The van der Waals surface area contributed by atoms with Gasteiger partial charge in [0.15, 0.2) is 11.5 Å². The predicted octanol–water partition coefficient (Wildman–Crippen LogP) is 4.13. The third kappa shape index (κ3) is 3.85. The number of carboxylic acids is 2. The summed E-state index contributed by atoms with van der Waals surface area (Å²) in [5, 5.41) is 38.8. The second-order valence-corrected chi connectivity index (χ2v) is 14.8. The molecule has 4 saturated carbocycles. The number of nitrogens with zero attached hydrogens (tertiary/aromatic N) is 1. The molecule has 2 aliphatic heterocycles. The standard InChI is InChI=1S/C29H41NO4.C4H4O4/c1-25(2,3)26(4,32)20-15-27-10-11-29(20,33-5)24-28(27)12-13-30(16-17-6-7-17)21(27)14-18-8-9-19(31)23(34-24)22(18)28;5-3(6)1-2-4(7)8/h8-9,17,20-21,24,31-32H,6-7,10-16H2,1-5H3;1-2H,(H,5,6)(H,7,8)/b;2-1-/t20-,21-,24-,26+,27-,28+,29+;/m1./s1. The lowest BCUT2D eigenvalue weighted by atomic mass is 9.33. The average molecular weight is 584 g/mol. The van der Waals surface area contributed by atoms with Gasteiger partial charge >= 0.3 is 11.9 Å². The smallest absolute Gasteiger partial charge is 0.328 e. The fraction of sp³-hybridized carbons (Fsp3) is 0.697. The van der Waals surface area contributed by atoms with Crippen molar-refractivity contribution in [1.82, 2.24) is 4.90 Å². The highest BCUT2D eigenvalue weighted by Crippen LogP contribution is 2.78. The van der Waals surface area contributed by atoms with E-state index >= 15 is 0 Å². The first-order valence-corrected chi connectivity index (χ1v) is 15.3. The molecule has 0 unspecified atom stereocenters. The number of rotatable bonds is 6. The first-order chi connectivity index (χ1) is 19.6. The number of aliphatic carboxylic acids is 2. The molecular weight excluding hydrogens is 538 g/mol. The quantitative estimate of drug-likeness (QED) is 0.365. The van der Waals surface area contributed by atoms with Gasteiger partial charge in [-0.3, -0.25) is 4.90 Å². The summed E-state index contributed by atoms with van der Waals surface area (Å²) < 4.78 is 13.5.